The lowest BCUT2D eigenvalue weighted by Gasteiger charge is -2.20. The molecule has 6 nitrogen and oxygen atoms in total. The predicted octanol–water partition coefficient (Wildman–Crippen LogP) is 1.65. The molecule has 1 aromatic heterocycles. The smallest absolute Gasteiger partial charge is 0.231 e. The van der Waals surface area contributed by atoms with Gasteiger partial charge in [0.25, 0.3) is 0 Å². The first-order valence-corrected chi connectivity index (χ1v) is 7.82. The van der Waals surface area contributed by atoms with E-state index in [4.69, 9.17) is 5.73 Å². The van der Waals surface area contributed by atoms with E-state index in [9.17, 15) is 0 Å². The Balaban J connectivity index is 1.54. The molecule has 6 heteroatoms. The summed E-state index contributed by atoms with van der Waals surface area (Å²) in [4.78, 5) is 15.4. The quantitative estimate of drug-likeness (QED) is 0.850. The van der Waals surface area contributed by atoms with Gasteiger partial charge in [-0.1, -0.05) is 0 Å². The predicted molar refractivity (Wildman–Crippen MR) is 78.5 cm³/mol. The third-order valence-electron chi connectivity index (χ3n) is 4.59. The lowest BCUT2D eigenvalue weighted by Crippen LogP contribution is -2.27. The van der Waals surface area contributed by atoms with Crippen molar-refractivity contribution < 1.29 is 0 Å². The van der Waals surface area contributed by atoms with Crippen LogP contribution in [0, 0.1) is 11.8 Å². The van der Waals surface area contributed by atoms with Crippen LogP contribution >= 0.6 is 0 Å². The molecule has 2 heterocycles. The first-order chi connectivity index (χ1) is 9.79. The van der Waals surface area contributed by atoms with E-state index in [1.165, 1.54) is 38.5 Å². The lowest BCUT2D eigenvalue weighted by molar-refractivity contribution is 0.563. The zero-order valence-electron chi connectivity index (χ0n) is 11.8. The molecule has 1 saturated heterocycles. The highest BCUT2D eigenvalue weighted by Crippen LogP contribution is 2.45. The standard InChI is InChI=1S/C14H22N6/c15-12-17-13(16-11(9-3-4-9)10-5-6-10)19-14(18-12)20-7-1-2-8-20/h9-11H,1-8H2,(H3,15,16,17,18,19). The average Bonchev–Trinajstić information content (AvgIpc) is 3.35. The summed E-state index contributed by atoms with van der Waals surface area (Å²) in [5, 5.41) is 3.54. The molecule has 0 aromatic carbocycles. The maximum Gasteiger partial charge on any atom is 0.231 e. The summed E-state index contributed by atoms with van der Waals surface area (Å²) >= 11 is 0. The molecule has 3 fully saturated rings. The molecule has 0 spiro atoms. The molecular formula is C14H22N6. The Morgan fingerprint density at radius 2 is 1.65 bits per heavy atom. The molecule has 4 rings (SSSR count). The van der Waals surface area contributed by atoms with Gasteiger partial charge < -0.3 is 16.0 Å². The van der Waals surface area contributed by atoms with Crippen LogP contribution in [0.2, 0.25) is 0 Å². The summed E-state index contributed by atoms with van der Waals surface area (Å²) in [7, 11) is 0. The van der Waals surface area contributed by atoms with Gasteiger partial charge in [0.1, 0.15) is 0 Å². The van der Waals surface area contributed by atoms with Gasteiger partial charge >= 0.3 is 0 Å². The highest BCUT2D eigenvalue weighted by Gasteiger charge is 2.41. The van der Waals surface area contributed by atoms with Crippen molar-refractivity contribution in [3.05, 3.63) is 0 Å². The van der Waals surface area contributed by atoms with E-state index < -0.39 is 0 Å². The summed E-state index contributed by atoms with van der Waals surface area (Å²) in [5.74, 6) is 3.37. The molecule has 0 amide bonds. The van der Waals surface area contributed by atoms with Gasteiger partial charge in [-0.2, -0.15) is 15.0 Å². The average molecular weight is 274 g/mol. The van der Waals surface area contributed by atoms with Crippen LogP contribution in [0.3, 0.4) is 0 Å². The van der Waals surface area contributed by atoms with Gasteiger partial charge in [0, 0.05) is 19.1 Å². The first-order valence-electron chi connectivity index (χ1n) is 7.82. The van der Waals surface area contributed by atoms with Crippen LogP contribution in [0.1, 0.15) is 38.5 Å². The Labute approximate surface area is 119 Å². The van der Waals surface area contributed by atoms with E-state index in [0.717, 1.165) is 30.9 Å². The van der Waals surface area contributed by atoms with E-state index in [2.05, 4.69) is 25.2 Å². The summed E-state index contributed by atoms with van der Waals surface area (Å²) in [5.41, 5.74) is 5.86. The van der Waals surface area contributed by atoms with Crippen molar-refractivity contribution in [2.45, 2.75) is 44.6 Å². The number of nitrogens with two attached hydrogens (primary N) is 1. The first kappa shape index (κ1) is 12.2. The molecular weight excluding hydrogens is 252 g/mol. The Bertz CT molecular complexity index is 478. The number of nitrogens with zero attached hydrogens (tertiary/aromatic N) is 4. The zero-order valence-corrected chi connectivity index (χ0v) is 11.8. The minimum Gasteiger partial charge on any atom is -0.368 e. The summed E-state index contributed by atoms with van der Waals surface area (Å²) in [6.07, 6.45) is 7.78. The molecule has 0 unspecified atom stereocenters. The molecule has 20 heavy (non-hydrogen) atoms. The number of hydrogen-bond acceptors (Lipinski definition) is 6. The van der Waals surface area contributed by atoms with Crippen molar-refractivity contribution >= 4 is 17.8 Å². The highest BCUT2D eigenvalue weighted by molar-refractivity contribution is 5.43. The Hall–Kier alpha value is -1.59. The normalized spacial score (nSPS) is 22.6. The molecule has 1 aliphatic heterocycles. The second-order valence-corrected chi connectivity index (χ2v) is 6.36. The SMILES string of the molecule is Nc1nc(NC(C2CC2)C2CC2)nc(N2CCCC2)n1. The summed E-state index contributed by atoms with van der Waals surface area (Å²) in [6.45, 7) is 2.05. The third kappa shape index (κ3) is 2.51. The fraction of sp³-hybridized carbons (Fsp3) is 0.786. The molecule has 3 aliphatic rings. The minimum absolute atomic E-state index is 0.328. The Kier molecular flexibility index (Phi) is 2.89. The number of hydrogen-bond donors (Lipinski definition) is 2. The van der Waals surface area contributed by atoms with E-state index in [1.807, 2.05) is 0 Å². The van der Waals surface area contributed by atoms with Gasteiger partial charge in [-0.25, -0.2) is 0 Å². The number of nitrogen functional groups attached to an aromatic ring is 1. The topological polar surface area (TPSA) is 80.0 Å². The molecule has 108 valence electrons. The molecule has 0 atom stereocenters. The van der Waals surface area contributed by atoms with Crippen molar-refractivity contribution in [2.24, 2.45) is 11.8 Å². The summed E-state index contributed by atoms with van der Waals surface area (Å²) in [6, 6.07) is 0.545. The minimum atomic E-state index is 0.328. The maximum atomic E-state index is 5.86. The van der Waals surface area contributed by atoms with E-state index >= 15 is 0 Å². The maximum absolute atomic E-state index is 5.86. The molecule has 0 bridgehead atoms. The van der Waals surface area contributed by atoms with Crippen LogP contribution in [0.15, 0.2) is 0 Å². The fourth-order valence-electron chi connectivity index (χ4n) is 3.18. The Morgan fingerprint density at radius 1 is 1.00 bits per heavy atom. The Morgan fingerprint density at radius 3 is 2.25 bits per heavy atom. The van der Waals surface area contributed by atoms with Crippen molar-refractivity contribution in [3.8, 4) is 0 Å². The fourth-order valence-corrected chi connectivity index (χ4v) is 3.18. The van der Waals surface area contributed by atoms with Crippen LogP contribution in [0.4, 0.5) is 17.8 Å². The van der Waals surface area contributed by atoms with Crippen LogP contribution < -0.4 is 16.0 Å². The van der Waals surface area contributed by atoms with Gasteiger partial charge in [0.15, 0.2) is 0 Å². The van der Waals surface area contributed by atoms with Crippen LogP contribution in [0.5, 0.6) is 0 Å². The number of aromatic nitrogens is 3. The number of anilines is 3. The van der Waals surface area contributed by atoms with Crippen molar-refractivity contribution in [2.75, 3.05) is 29.0 Å². The molecule has 0 radical (unpaired) electrons. The van der Waals surface area contributed by atoms with Crippen LogP contribution in [0.25, 0.3) is 0 Å². The molecule has 2 saturated carbocycles. The van der Waals surface area contributed by atoms with Crippen molar-refractivity contribution in [1.29, 1.82) is 0 Å². The highest BCUT2D eigenvalue weighted by atomic mass is 15.3. The van der Waals surface area contributed by atoms with E-state index in [1.54, 1.807) is 0 Å². The monoisotopic (exact) mass is 274 g/mol. The molecule has 1 aromatic rings. The van der Waals surface area contributed by atoms with Crippen molar-refractivity contribution in [1.82, 2.24) is 15.0 Å². The van der Waals surface area contributed by atoms with Crippen LogP contribution in [-0.2, 0) is 0 Å². The largest absolute Gasteiger partial charge is 0.368 e. The van der Waals surface area contributed by atoms with E-state index in [-0.39, 0.29) is 0 Å². The van der Waals surface area contributed by atoms with Gasteiger partial charge in [0.05, 0.1) is 0 Å². The number of nitrogens with one attached hydrogen (secondary N) is 1. The number of rotatable bonds is 5. The van der Waals surface area contributed by atoms with Gasteiger partial charge in [-0.05, 0) is 50.4 Å². The van der Waals surface area contributed by atoms with Crippen LogP contribution in [-0.4, -0.2) is 34.1 Å². The molecule has 3 N–H and O–H groups in total. The molecule has 2 aliphatic carbocycles. The van der Waals surface area contributed by atoms with E-state index in [0.29, 0.717) is 17.9 Å². The second kappa shape index (κ2) is 4.75. The third-order valence-corrected chi connectivity index (χ3v) is 4.59. The zero-order chi connectivity index (χ0) is 13.5. The van der Waals surface area contributed by atoms with Crippen molar-refractivity contribution in [3.63, 3.8) is 0 Å². The van der Waals surface area contributed by atoms with Gasteiger partial charge in [-0.15, -0.1) is 0 Å². The second-order valence-electron chi connectivity index (χ2n) is 6.36. The van der Waals surface area contributed by atoms with Gasteiger partial charge in [-0.3, -0.25) is 0 Å². The summed E-state index contributed by atoms with van der Waals surface area (Å²) < 4.78 is 0. The lowest BCUT2D eigenvalue weighted by atomic mass is 10.1. The van der Waals surface area contributed by atoms with Gasteiger partial charge in [0.2, 0.25) is 17.8 Å².